The van der Waals surface area contributed by atoms with Crippen LogP contribution in [0.4, 0.5) is 0 Å². The van der Waals surface area contributed by atoms with Gasteiger partial charge in [0.2, 0.25) is 0 Å². The fraction of sp³-hybridized carbons (Fsp3) is 0.923. The van der Waals surface area contributed by atoms with E-state index < -0.39 is 0 Å². The number of carbonyl (C=O) groups is 1. The number of unbranched alkanes of at least 4 members (excludes halogenated alkanes) is 3. The lowest BCUT2D eigenvalue weighted by Gasteiger charge is -2.07. The summed E-state index contributed by atoms with van der Waals surface area (Å²) in [5.74, 6) is -0.0537. The molecule has 0 aliphatic heterocycles. The first-order valence-corrected chi connectivity index (χ1v) is 6.55. The number of esters is 1. The molecule has 3 nitrogen and oxygen atoms in total. The van der Waals surface area contributed by atoms with E-state index in [1.54, 1.807) is 0 Å². The van der Waals surface area contributed by atoms with Crippen molar-refractivity contribution in [3.05, 3.63) is 0 Å². The highest BCUT2D eigenvalue weighted by Gasteiger charge is 2.02. The Morgan fingerprint density at radius 1 is 1.19 bits per heavy atom. The van der Waals surface area contributed by atoms with Gasteiger partial charge in [-0.3, -0.25) is 4.79 Å². The molecule has 0 rings (SSSR count). The second-order valence-corrected chi connectivity index (χ2v) is 4.49. The molecule has 0 amide bonds. The first-order valence-electron chi connectivity index (χ1n) is 6.55. The number of nitrogens with one attached hydrogen (secondary N) is 1. The van der Waals surface area contributed by atoms with E-state index >= 15 is 0 Å². The second-order valence-electron chi connectivity index (χ2n) is 4.49. The molecular formula is C13H27NO2. The third-order valence-corrected chi connectivity index (χ3v) is 2.37. The highest BCUT2D eigenvalue weighted by molar-refractivity contribution is 5.69. The topological polar surface area (TPSA) is 38.3 Å². The minimum atomic E-state index is -0.0537. The Labute approximate surface area is 99.9 Å². The Bertz CT molecular complexity index is 169. The number of carbonyl (C=O) groups excluding carboxylic acids is 1. The van der Waals surface area contributed by atoms with Crippen LogP contribution in [-0.2, 0) is 9.53 Å². The molecule has 0 aromatic heterocycles. The van der Waals surface area contributed by atoms with Crippen molar-refractivity contribution in [3.63, 3.8) is 0 Å². The molecular weight excluding hydrogens is 202 g/mol. The fourth-order valence-corrected chi connectivity index (χ4v) is 1.41. The van der Waals surface area contributed by atoms with Crippen LogP contribution in [-0.4, -0.2) is 25.2 Å². The average molecular weight is 229 g/mol. The van der Waals surface area contributed by atoms with E-state index in [1.165, 1.54) is 19.3 Å². The summed E-state index contributed by atoms with van der Waals surface area (Å²) in [7, 11) is 0. The molecule has 0 radical (unpaired) electrons. The summed E-state index contributed by atoms with van der Waals surface area (Å²) in [4.78, 5) is 11.3. The molecule has 0 aromatic carbocycles. The fourth-order valence-electron chi connectivity index (χ4n) is 1.41. The van der Waals surface area contributed by atoms with Crippen molar-refractivity contribution in [2.75, 3.05) is 13.2 Å². The van der Waals surface area contributed by atoms with E-state index in [2.05, 4.69) is 26.1 Å². The molecule has 96 valence electrons. The molecule has 0 fully saturated rings. The molecule has 3 heteroatoms. The maximum absolute atomic E-state index is 11.3. The summed E-state index contributed by atoms with van der Waals surface area (Å²) in [6.07, 6.45) is 6.02. The van der Waals surface area contributed by atoms with Crippen LogP contribution in [0.2, 0.25) is 0 Å². The third-order valence-electron chi connectivity index (χ3n) is 2.37. The first kappa shape index (κ1) is 15.4. The monoisotopic (exact) mass is 229 g/mol. The van der Waals surface area contributed by atoms with Crippen molar-refractivity contribution >= 4 is 5.97 Å². The molecule has 0 saturated carbocycles. The molecule has 0 aliphatic carbocycles. The Hall–Kier alpha value is -0.570. The average Bonchev–Trinajstić information content (AvgIpc) is 2.24. The molecule has 0 saturated heterocycles. The largest absolute Gasteiger partial charge is 0.466 e. The van der Waals surface area contributed by atoms with Crippen LogP contribution in [0.5, 0.6) is 0 Å². The number of hydrogen-bond donors (Lipinski definition) is 1. The van der Waals surface area contributed by atoms with Crippen molar-refractivity contribution < 1.29 is 9.53 Å². The Kier molecular flexibility index (Phi) is 10.5. The number of rotatable bonds is 10. The summed E-state index contributed by atoms with van der Waals surface area (Å²) in [5.41, 5.74) is 0. The van der Waals surface area contributed by atoms with Gasteiger partial charge in [-0.25, -0.2) is 0 Å². The molecule has 0 unspecified atom stereocenters. The quantitative estimate of drug-likeness (QED) is 0.462. The van der Waals surface area contributed by atoms with Gasteiger partial charge in [-0.05, 0) is 19.4 Å². The summed E-state index contributed by atoms with van der Waals surface area (Å²) in [6, 6.07) is 0.491. The van der Waals surface area contributed by atoms with Gasteiger partial charge in [0.1, 0.15) is 0 Å². The predicted molar refractivity (Wildman–Crippen MR) is 67.5 cm³/mol. The lowest BCUT2D eigenvalue weighted by atomic mass is 10.2. The summed E-state index contributed by atoms with van der Waals surface area (Å²) in [6.45, 7) is 7.87. The van der Waals surface area contributed by atoms with Gasteiger partial charge in [0, 0.05) is 12.5 Å². The van der Waals surface area contributed by atoms with Gasteiger partial charge in [0.05, 0.1) is 6.61 Å². The maximum Gasteiger partial charge on any atom is 0.305 e. The van der Waals surface area contributed by atoms with E-state index in [4.69, 9.17) is 4.74 Å². The van der Waals surface area contributed by atoms with Gasteiger partial charge in [-0.15, -0.1) is 0 Å². The van der Waals surface area contributed by atoms with Crippen molar-refractivity contribution in [3.8, 4) is 0 Å². The van der Waals surface area contributed by atoms with E-state index in [0.717, 1.165) is 19.4 Å². The zero-order valence-electron chi connectivity index (χ0n) is 11.1. The molecule has 0 spiro atoms. The van der Waals surface area contributed by atoms with Crippen molar-refractivity contribution in [2.24, 2.45) is 0 Å². The normalized spacial score (nSPS) is 10.8. The van der Waals surface area contributed by atoms with Gasteiger partial charge < -0.3 is 10.1 Å². The zero-order chi connectivity index (χ0) is 12.2. The van der Waals surface area contributed by atoms with Gasteiger partial charge in [0.25, 0.3) is 0 Å². The molecule has 0 atom stereocenters. The number of ether oxygens (including phenoxy) is 1. The van der Waals surface area contributed by atoms with Crippen LogP contribution >= 0.6 is 0 Å². The van der Waals surface area contributed by atoms with Crippen LogP contribution in [0.3, 0.4) is 0 Å². The lowest BCUT2D eigenvalue weighted by molar-refractivity contribution is -0.143. The summed E-state index contributed by atoms with van der Waals surface area (Å²) < 4.78 is 5.13. The highest BCUT2D eigenvalue weighted by Crippen LogP contribution is 2.00. The minimum absolute atomic E-state index is 0.0537. The Balaban J connectivity index is 3.18. The standard InChI is InChI=1S/C13H27NO2/c1-4-5-6-7-11-16-13(15)9-8-10-14-12(2)3/h12,14H,4-11H2,1-3H3. The van der Waals surface area contributed by atoms with E-state index in [-0.39, 0.29) is 5.97 Å². The smallest absolute Gasteiger partial charge is 0.305 e. The van der Waals surface area contributed by atoms with Crippen LogP contribution in [0.25, 0.3) is 0 Å². The number of hydrogen-bond acceptors (Lipinski definition) is 3. The highest BCUT2D eigenvalue weighted by atomic mass is 16.5. The molecule has 1 N–H and O–H groups in total. The zero-order valence-corrected chi connectivity index (χ0v) is 11.1. The van der Waals surface area contributed by atoms with E-state index in [0.29, 0.717) is 19.1 Å². The molecule has 0 aromatic rings. The molecule has 16 heavy (non-hydrogen) atoms. The van der Waals surface area contributed by atoms with Crippen molar-refractivity contribution in [1.82, 2.24) is 5.32 Å². The SMILES string of the molecule is CCCCCCOC(=O)CCCNC(C)C. The van der Waals surface area contributed by atoms with Crippen LogP contribution in [0.1, 0.15) is 59.3 Å². The molecule has 0 aliphatic rings. The predicted octanol–water partition coefficient (Wildman–Crippen LogP) is 2.89. The van der Waals surface area contributed by atoms with E-state index in [9.17, 15) is 4.79 Å². The van der Waals surface area contributed by atoms with Gasteiger partial charge in [0.15, 0.2) is 0 Å². The molecule has 0 heterocycles. The third kappa shape index (κ3) is 11.5. The van der Waals surface area contributed by atoms with Crippen molar-refractivity contribution in [1.29, 1.82) is 0 Å². The van der Waals surface area contributed by atoms with Crippen LogP contribution in [0, 0.1) is 0 Å². The Morgan fingerprint density at radius 3 is 2.56 bits per heavy atom. The first-order chi connectivity index (χ1) is 7.66. The summed E-state index contributed by atoms with van der Waals surface area (Å²) in [5, 5.41) is 3.28. The van der Waals surface area contributed by atoms with Crippen LogP contribution in [0.15, 0.2) is 0 Å². The molecule has 0 bridgehead atoms. The second kappa shape index (κ2) is 10.9. The van der Waals surface area contributed by atoms with Gasteiger partial charge in [-0.1, -0.05) is 40.0 Å². The minimum Gasteiger partial charge on any atom is -0.466 e. The van der Waals surface area contributed by atoms with Crippen LogP contribution < -0.4 is 5.32 Å². The lowest BCUT2D eigenvalue weighted by Crippen LogP contribution is -2.24. The van der Waals surface area contributed by atoms with Gasteiger partial charge in [-0.2, -0.15) is 0 Å². The Morgan fingerprint density at radius 2 is 1.94 bits per heavy atom. The van der Waals surface area contributed by atoms with E-state index in [1.807, 2.05) is 0 Å². The maximum atomic E-state index is 11.3. The summed E-state index contributed by atoms with van der Waals surface area (Å²) >= 11 is 0. The van der Waals surface area contributed by atoms with Gasteiger partial charge >= 0.3 is 5.97 Å². The van der Waals surface area contributed by atoms with Crippen molar-refractivity contribution in [2.45, 2.75) is 65.3 Å².